The van der Waals surface area contributed by atoms with Crippen molar-refractivity contribution in [2.24, 2.45) is 5.73 Å². The number of amides is 1. The maximum absolute atomic E-state index is 12.5. The van der Waals surface area contributed by atoms with E-state index >= 15 is 0 Å². The molecule has 0 saturated carbocycles. The van der Waals surface area contributed by atoms with E-state index in [1.54, 1.807) is 0 Å². The van der Waals surface area contributed by atoms with Crippen LogP contribution < -0.4 is 5.73 Å². The molecular formula is C17H30N2O4. The molecule has 6 heteroatoms. The minimum atomic E-state index is -0.281. The Balaban J connectivity index is 1.35. The summed E-state index contributed by atoms with van der Waals surface area (Å²) >= 11 is 0. The van der Waals surface area contributed by atoms with Gasteiger partial charge in [-0.2, -0.15) is 0 Å². The summed E-state index contributed by atoms with van der Waals surface area (Å²) < 4.78 is 17.4. The molecule has 0 aromatic carbocycles. The van der Waals surface area contributed by atoms with Gasteiger partial charge in [-0.1, -0.05) is 0 Å². The van der Waals surface area contributed by atoms with E-state index in [1.165, 1.54) is 12.8 Å². The summed E-state index contributed by atoms with van der Waals surface area (Å²) in [4.78, 5) is 14.4. The van der Waals surface area contributed by atoms with Crippen molar-refractivity contribution in [2.75, 3.05) is 32.8 Å². The number of hydrogen-bond acceptors (Lipinski definition) is 5. The van der Waals surface area contributed by atoms with Crippen LogP contribution in [0.15, 0.2) is 0 Å². The molecule has 3 heterocycles. The fourth-order valence-electron chi connectivity index (χ4n) is 3.69. The number of nitrogens with zero attached hydrogens (tertiary/aromatic N) is 1. The van der Waals surface area contributed by atoms with Crippen molar-refractivity contribution in [1.29, 1.82) is 0 Å². The van der Waals surface area contributed by atoms with Gasteiger partial charge in [0.2, 0.25) is 0 Å². The monoisotopic (exact) mass is 326 g/mol. The molecule has 1 amide bonds. The molecule has 0 bridgehead atoms. The molecule has 3 rings (SSSR count). The van der Waals surface area contributed by atoms with E-state index in [1.807, 2.05) is 4.90 Å². The van der Waals surface area contributed by atoms with Crippen LogP contribution in [0.4, 0.5) is 0 Å². The molecule has 3 aliphatic rings. The first-order valence-electron chi connectivity index (χ1n) is 9.14. The van der Waals surface area contributed by atoms with Gasteiger partial charge in [0.05, 0.1) is 24.9 Å². The lowest BCUT2D eigenvalue weighted by molar-refractivity contribution is -0.146. The Kier molecular flexibility index (Phi) is 6.28. The molecule has 3 fully saturated rings. The predicted molar refractivity (Wildman–Crippen MR) is 86.1 cm³/mol. The lowest BCUT2D eigenvalue weighted by Gasteiger charge is -2.34. The molecule has 2 N–H and O–H groups in total. The zero-order valence-electron chi connectivity index (χ0n) is 14.0. The molecule has 0 spiro atoms. The molecule has 3 atom stereocenters. The van der Waals surface area contributed by atoms with E-state index in [-0.39, 0.29) is 30.3 Å². The third kappa shape index (κ3) is 4.66. The average Bonchev–Trinajstić information content (AvgIpc) is 3.10. The van der Waals surface area contributed by atoms with Gasteiger partial charge < -0.3 is 24.8 Å². The van der Waals surface area contributed by atoms with Gasteiger partial charge in [0.25, 0.3) is 5.91 Å². The second-order valence-corrected chi connectivity index (χ2v) is 6.91. The Bertz CT molecular complexity index is 379. The maximum Gasteiger partial charge on any atom is 0.251 e. The Morgan fingerprint density at radius 3 is 2.57 bits per heavy atom. The van der Waals surface area contributed by atoms with Crippen molar-refractivity contribution in [2.45, 2.75) is 69.4 Å². The molecular weight excluding hydrogens is 296 g/mol. The fourth-order valence-corrected chi connectivity index (χ4v) is 3.69. The minimum absolute atomic E-state index is 0.0558. The highest BCUT2D eigenvalue weighted by Crippen LogP contribution is 2.23. The maximum atomic E-state index is 12.5. The summed E-state index contributed by atoms with van der Waals surface area (Å²) in [5.41, 5.74) is 5.61. The topological polar surface area (TPSA) is 74.0 Å². The Labute approximate surface area is 138 Å². The van der Waals surface area contributed by atoms with Crippen molar-refractivity contribution in [3.05, 3.63) is 0 Å². The number of hydrogen-bond donors (Lipinski definition) is 1. The number of piperidine rings is 1. The highest BCUT2D eigenvalue weighted by atomic mass is 16.5. The van der Waals surface area contributed by atoms with Crippen LogP contribution >= 0.6 is 0 Å². The highest BCUT2D eigenvalue weighted by Gasteiger charge is 2.34. The van der Waals surface area contributed by atoms with Gasteiger partial charge in [0.15, 0.2) is 0 Å². The van der Waals surface area contributed by atoms with E-state index in [4.69, 9.17) is 19.9 Å². The number of nitrogens with two attached hydrogens (primary N) is 1. The zero-order valence-corrected chi connectivity index (χ0v) is 14.0. The van der Waals surface area contributed by atoms with E-state index in [9.17, 15) is 4.79 Å². The number of carbonyl (C=O) groups excluding carboxylic acids is 1. The molecule has 0 aromatic heterocycles. The Hall–Kier alpha value is -0.690. The van der Waals surface area contributed by atoms with E-state index in [2.05, 4.69) is 0 Å². The molecule has 0 radical (unpaired) electrons. The standard InChI is InChI=1S/C17H30N2O4/c18-11-14-4-5-16(23-14)17(20)19-8-6-13(7-9-19)22-12-15-3-1-2-10-21-15/h13-16H,1-12,18H2/t14-,15?,16+/m1/s1. The van der Waals surface area contributed by atoms with Crippen LogP contribution in [0.1, 0.15) is 44.9 Å². The van der Waals surface area contributed by atoms with Gasteiger partial charge >= 0.3 is 0 Å². The summed E-state index contributed by atoms with van der Waals surface area (Å²) in [6, 6.07) is 0. The lowest BCUT2D eigenvalue weighted by Crippen LogP contribution is -2.46. The van der Waals surface area contributed by atoms with Gasteiger partial charge in [0, 0.05) is 26.2 Å². The van der Waals surface area contributed by atoms with Crippen LogP contribution in [-0.4, -0.2) is 68.1 Å². The van der Waals surface area contributed by atoms with Crippen LogP contribution in [0.3, 0.4) is 0 Å². The third-order valence-electron chi connectivity index (χ3n) is 5.19. The molecule has 3 aliphatic heterocycles. The summed E-state index contributed by atoms with van der Waals surface area (Å²) in [5.74, 6) is 0.134. The van der Waals surface area contributed by atoms with Crippen molar-refractivity contribution in [3.8, 4) is 0 Å². The quantitative estimate of drug-likeness (QED) is 0.818. The Morgan fingerprint density at radius 2 is 1.91 bits per heavy atom. The van der Waals surface area contributed by atoms with Crippen LogP contribution in [0, 0.1) is 0 Å². The lowest BCUT2D eigenvalue weighted by atomic mass is 10.1. The van der Waals surface area contributed by atoms with Crippen LogP contribution in [0.25, 0.3) is 0 Å². The predicted octanol–water partition coefficient (Wildman–Crippen LogP) is 1.07. The average molecular weight is 326 g/mol. The first-order chi connectivity index (χ1) is 11.3. The van der Waals surface area contributed by atoms with E-state index in [0.29, 0.717) is 13.2 Å². The summed E-state index contributed by atoms with van der Waals surface area (Å²) in [6.07, 6.45) is 7.34. The summed E-state index contributed by atoms with van der Waals surface area (Å²) in [7, 11) is 0. The molecule has 132 valence electrons. The van der Waals surface area contributed by atoms with Crippen LogP contribution in [0.5, 0.6) is 0 Å². The Morgan fingerprint density at radius 1 is 1.09 bits per heavy atom. The zero-order chi connectivity index (χ0) is 16.1. The molecule has 1 unspecified atom stereocenters. The van der Waals surface area contributed by atoms with Gasteiger partial charge in [-0.3, -0.25) is 4.79 Å². The first kappa shape index (κ1) is 17.1. The normalized spacial score (nSPS) is 33.1. The summed E-state index contributed by atoms with van der Waals surface area (Å²) in [6.45, 7) is 3.60. The van der Waals surface area contributed by atoms with Crippen molar-refractivity contribution < 1.29 is 19.0 Å². The van der Waals surface area contributed by atoms with Crippen molar-refractivity contribution >= 4 is 5.91 Å². The molecule has 23 heavy (non-hydrogen) atoms. The number of ether oxygens (including phenoxy) is 3. The number of likely N-dealkylation sites (tertiary alicyclic amines) is 1. The van der Waals surface area contributed by atoms with Gasteiger partial charge in [-0.25, -0.2) is 0 Å². The fraction of sp³-hybridized carbons (Fsp3) is 0.941. The van der Waals surface area contributed by atoms with E-state index < -0.39 is 0 Å². The molecule has 0 aliphatic carbocycles. The van der Waals surface area contributed by atoms with Crippen LogP contribution in [-0.2, 0) is 19.0 Å². The molecule has 3 saturated heterocycles. The molecule has 0 aromatic rings. The molecule has 6 nitrogen and oxygen atoms in total. The number of rotatable bonds is 5. The van der Waals surface area contributed by atoms with Gasteiger partial charge in [0.1, 0.15) is 6.10 Å². The van der Waals surface area contributed by atoms with Gasteiger partial charge in [-0.15, -0.1) is 0 Å². The third-order valence-corrected chi connectivity index (χ3v) is 5.19. The van der Waals surface area contributed by atoms with Crippen molar-refractivity contribution in [1.82, 2.24) is 4.90 Å². The smallest absolute Gasteiger partial charge is 0.251 e. The SMILES string of the molecule is NC[C@H]1CC[C@@H](C(=O)N2CCC(OCC3CCCCO3)CC2)O1. The number of carbonyl (C=O) groups is 1. The largest absolute Gasteiger partial charge is 0.376 e. The second kappa shape index (κ2) is 8.42. The van der Waals surface area contributed by atoms with Crippen molar-refractivity contribution in [3.63, 3.8) is 0 Å². The highest BCUT2D eigenvalue weighted by molar-refractivity contribution is 5.81. The van der Waals surface area contributed by atoms with E-state index in [0.717, 1.165) is 51.8 Å². The van der Waals surface area contributed by atoms with Gasteiger partial charge in [-0.05, 0) is 44.9 Å². The first-order valence-corrected chi connectivity index (χ1v) is 9.14. The van der Waals surface area contributed by atoms with Crippen LogP contribution in [0.2, 0.25) is 0 Å². The minimum Gasteiger partial charge on any atom is -0.376 e. The summed E-state index contributed by atoms with van der Waals surface area (Å²) in [5, 5.41) is 0. The second-order valence-electron chi connectivity index (χ2n) is 6.91.